The van der Waals surface area contributed by atoms with E-state index in [1.54, 1.807) is 7.11 Å². The van der Waals surface area contributed by atoms with Crippen LogP contribution >= 0.6 is 11.3 Å². The lowest BCUT2D eigenvalue weighted by Crippen LogP contribution is -2.20. The van der Waals surface area contributed by atoms with Gasteiger partial charge in [-0.2, -0.15) is 0 Å². The summed E-state index contributed by atoms with van der Waals surface area (Å²) in [6, 6.07) is 5.69. The number of carbonyl (C=O) groups is 2. The van der Waals surface area contributed by atoms with Crippen molar-refractivity contribution in [3.8, 4) is 22.1 Å². The summed E-state index contributed by atoms with van der Waals surface area (Å²) < 4.78 is 16.2. The number of aromatic nitrogens is 1. The Morgan fingerprint density at radius 3 is 2.72 bits per heavy atom. The molecular weight excluding hydrogens is 392 g/mol. The van der Waals surface area contributed by atoms with Crippen molar-refractivity contribution < 1.29 is 23.8 Å². The molecule has 8 heteroatoms. The summed E-state index contributed by atoms with van der Waals surface area (Å²) in [7, 11) is 1.61. The molecule has 1 aromatic carbocycles. The maximum atomic E-state index is 11.9. The number of nitrogens with one attached hydrogen (secondary N) is 1. The fraction of sp³-hybridized carbons (Fsp3) is 0.476. The van der Waals surface area contributed by atoms with Gasteiger partial charge >= 0.3 is 5.97 Å². The molecule has 0 spiro atoms. The van der Waals surface area contributed by atoms with Gasteiger partial charge in [-0.15, -0.1) is 11.3 Å². The predicted octanol–water partition coefficient (Wildman–Crippen LogP) is 3.96. The quantitative estimate of drug-likeness (QED) is 0.413. The zero-order valence-electron chi connectivity index (χ0n) is 17.2. The highest BCUT2D eigenvalue weighted by atomic mass is 32.1. The SMILES string of the molecule is CCOc1ccc(-c2nc(COC(=O)CCCCCNC(C)=O)cs2)cc1OC. The Kier molecular flexibility index (Phi) is 9.43. The van der Waals surface area contributed by atoms with Gasteiger partial charge < -0.3 is 19.5 Å². The molecular formula is C21H28N2O5S. The van der Waals surface area contributed by atoms with Gasteiger partial charge in [0.05, 0.1) is 19.4 Å². The molecule has 2 aromatic rings. The molecule has 29 heavy (non-hydrogen) atoms. The van der Waals surface area contributed by atoms with E-state index in [4.69, 9.17) is 14.2 Å². The number of ether oxygens (including phenoxy) is 3. The highest BCUT2D eigenvalue weighted by molar-refractivity contribution is 7.13. The first-order valence-corrected chi connectivity index (χ1v) is 10.6. The van der Waals surface area contributed by atoms with Gasteiger partial charge in [0.25, 0.3) is 0 Å². The third-order valence-electron chi connectivity index (χ3n) is 4.07. The number of nitrogens with zero attached hydrogens (tertiary/aromatic N) is 1. The van der Waals surface area contributed by atoms with Gasteiger partial charge in [0.1, 0.15) is 11.6 Å². The lowest BCUT2D eigenvalue weighted by Gasteiger charge is -2.09. The van der Waals surface area contributed by atoms with Crippen molar-refractivity contribution >= 4 is 23.2 Å². The number of carbonyl (C=O) groups excluding carboxylic acids is 2. The summed E-state index contributed by atoms with van der Waals surface area (Å²) >= 11 is 1.49. The molecule has 0 unspecified atom stereocenters. The Balaban J connectivity index is 1.78. The minimum atomic E-state index is -0.234. The summed E-state index contributed by atoms with van der Waals surface area (Å²) in [5, 5.41) is 5.45. The highest BCUT2D eigenvalue weighted by Gasteiger charge is 2.11. The number of benzene rings is 1. The molecule has 1 heterocycles. The molecule has 0 aliphatic carbocycles. The van der Waals surface area contributed by atoms with Crippen LogP contribution in [-0.2, 0) is 20.9 Å². The van der Waals surface area contributed by atoms with E-state index < -0.39 is 0 Å². The van der Waals surface area contributed by atoms with Gasteiger partial charge in [-0.1, -0.05) is 6.42 Å². The Hall–Kier alpha value is -2.61. The Morgan fingerprint density at radius 2 is 2.00 bits per heavy atom. The van der Waals surface area contributed by atoms with Crippen LogP contribution in [0.1, 0.15) is 45.2 Å². The van der Waals surface area contributed by atoms with Crippen LogP contribution in [0.2, 0.25) is 0 Å². The second-order valence-corrected chi connectivity index (χ2v) is 7.26. The van der Waals surface area contributed by atoms with E-state index in [1.165, 1.54) is 18.3 Å². The van der Waals surface area contributed by atoms with E-state index in [-0.39, 0.29) is 18.5 Å². The van der Waals surface area contributed by atoms with Gasteiger partial charge in [0.2, 0.25) is 5.91 Å². The monoisotopic (exact) mass is 420 g/mol. The molecule has 0 saturated heterocycles. The number of hydrogen-bond acceptors (Lipinski definition) is 7. The Morgan fingerprint density at radius 1 is 1.17 bits per heavy atom. The van der Waals surface area contributed by atoms with Crippen LogP contribution in [0.3, 0.4) is 0 Å². The lowest BCUT2D eigenvalue weighted by molar-refractivity contribution is -0.145. The van der Waals surface area contributed by atoms with E-state index in [0.717, 1.165) is 35.5 Å². The number of thiazole rings is 1. The topological polar surface area (TPSA) is 86.8 Å². The van der Waals surface area contributed by atoms with Crippen LogP contribution in [0.15, 0.2) is 23.6 Å². The minimum Gasteiger partial charge on any atom is -0.493 e. The van der Waals surface area contributed by atoms with Crippen molar-refractivity contribution in [1.29, 1.82) is 0 Å². The Labute approximate surface area is 175 Å². The molecule has 0 radical (unpaired) electrons. The molecule has 158 valence electrons. The van der Waals surface area contributed by atoms with Crippen LogP contribution in [0.5, 0.6) is 11.5 Å². The zero-order valence-corrected chi connectivity index (χ0v) is 18.0. The lowest BCUT2D eigenvalue weighted by atomic mass is 10.2. The van der Waals surface area contributed by atoms with Crippen molar-refractivity contribution in [1.82, 2.24) is 10.3 Å². The number of hydrogen-bond donors (Lipinski definition) is 1. The van der Waals surface area contributed by atoms with Crippen molar-refractivity contribution in [3.63, 3.8) is 0 Å². The molecule has 1 amide bonds. The second kappa shape index (κ2) is 12.1. The molecule has 0 bridgehead atoms. The number of methoxy groups -OCH3 is 1. The number of amides is 1. The molecule has 0 aliphatic heterocycles. The third-order valence-corrected chi connectivity index (χ3v) is 5.02. The average Bonchev–Trinajstić information content (AvgIpc) is 3.18. The van der Waals surface area contributed by atoms with Crippen LogP contribution in [-0.4, -0.2) is 37.1 Å². The first-order valence-electron chi connectivity index (χ1n) is 9.69. The van der Waals surface area contributed by atoms with E-state index >= 15 is 0 Å². The van der Waals surface area contributed by atoms with E-state index in [0.29, 0.717) is 31.1 Å². The van der Waals surface area contributed by atoms with Crippen LogP contribution in [0.4, 0.5) is 0 Å². The van der Waals surface area contributed by atoms with Gasteiger partial charge in [-0.3, -0.25) is 9.59 Å². The summed E-state index contributed by atoms with van der Waals surface area (Å²) in [5.74, 6) is 1.09. The van der Waals surface area contributed by atoms with Crippen molar-refractivity contribution in [3.05, 3.63) is 29.3 Å². The predicted molar refractivity (Wildman–Crippen MR) is 112 cm³/mol. The van der Waals surface area contributed by atoms with Gasteiger partial charge in [-0.25, -0.2) is 4.98 Å². The van der Waals surface area contributed by atoms with Crippen LogP contribution < -0.4 is 14.8 Å². The molecule has 7 nitrogen and oxygen atoms in total. The normalized spacial score (nSPS) is 10.4. The molecule has 0 saturated carbocycles. The Bertz CT molecular complexity index is 806. The molecule has 1 aromatic heterocycles. The molecule has 2 rings (SSSR count). The zero-order chi connectivity index (χ0) is 21.1. The van der Waals surface area contributed by atoms with Gasteiger partial charge in [0, 0.05) is 30.8 Å². The largest absolute Gasteiger partial charge is 0.493 e. The summed E-state index contributed by atoms with van der Waals surface area (Å²) in [5.41, 5.74) is 1.64. The first-order chi connectivity index (χ1) is 14.0. The van der Waals surface area contributed by atoms with Gasteiger partial charge in [0.15, 0.2) is 11.5 Å². The average molecular weight is 421 g/mol. The highest BCUT2D eigenvalue weighted by Crippen LogP contribution is 2.33. The van der Waals surface area contributed by atoms with Gasteiger partial charge in [-0.05, 0) is 38.0 Å². The minimum absolute atomic E-state index is 0.0317. The first kappa shape index (κ1) is 22.7. The molecule has 0 fully saturated rings. The fourth-order valence-electron chi connectivity index (χ4n) is 2.64. The maximum Gasteiger partial charge on any atom is 0.306 e. The van der Waals surface area contributed by atoms with Crippen molar-refractivity contribution in [2.45, 2.75) is 46.1 Å². The number of unbranched alkanes of at least 4 members (excludes halogenated alkanes) is 2. The summed E-state index contributed by atoms with van der Waals surface area (Å²) in [6.07, 6.45) is 2.84. The molecule has 1 N–H and O–H groups in total. The molecule has 0 aliphatic rings. The van der Waals surface area contributed by atoms with Crippen LogP contribution in [0, 0.1) is 0 Å². The number of esters is 1. The van der Waals surface area contributed by atoms with Crippen LogP contribution in [0.25, 0.3) is 10.6 Å². The standard InChI is InChI=1S/C21H28N2O5S/c1-4-27-18-10-9-16(12-19(18)26-3)21-23-17(14-29-21)13-28-20(25)8-6-5-7-11-22-15(2)24/h9-10,12,14H,4-8,11,13H2,1-3H3,(H,22,24). The fourth-order valence-corrected chi connectivity index (χ4v) is 3.44. The summed E-state index contributed by atoms with van der Waals surface area (Å²) in [6.45, 7) is 4.79. The van der Waals surface area contributed by atoms with E-state index in [1.807, 2.05) is 30.5 Å². The smallest absolute Gasteiger partial charge is 0.306 e. The third kappa shape index (κ3) is 7.73. The summed E-state index contributed by atoms with van der Waals surface area (Å²) in [4.78, 5) is 27.2. The maximum absolute atomic E-state index is 11.9. The van der Waals surface area contributed by atoms with E-state index in [9.17, 15) is 9.59 Å². The second-order valence-electron chi connectivity index (χ2n) is 6.40. The number of rotatable bonds is 12. The van der Waals surface area contributed by atoms with Crippen molar-refractivity contribution in [2.24, 2.45) is 0 Å². The molecule has 0 atom stereocenters. The van der Waals surface area contributed by atoms with E-state index in [2.05, 4.69) is 10.3 Å². The van der Waals surface area contributed by atoms with Crippen molar-refractivity contribution in [2.75, 3.05) is 20.3 Å².